The normalized spacial score (nSPS) is 15.5. The van der Waals surface area contributed by atoms with Crippen LogP contribution >= 0.6 is 11.6 Å². The van der Waals surface area contributed by atoms with Crippen molar-refractivity contribution in [2.45, 2.75) is 36.4 Å². The molecule has 3 rings (SSSR count). The van der Waals surface area contributed by atoms with Gasteiger partial charge in [-0.3, -0.25) is 4.68 Å². The quantitative estimate of drug-likeness (QED) is 0.818. The summed E-state index contributed by atoms with van der Waals surface area (Å²) in [7, 11) is -3.85. The van der Waals surface area contributed by atoms with Gasteiger partial charge in [0.25, 0.3) is 0 Å². The lowest BCUT2D eigenvalue weighted by Crippen LogP contribution is -2.28. The van der Waals surface area contributed by atoms with Crippen LogP contribution in [0.15, 0.2) is 35.2 Å². The monoisotopic (exact) mass is 393 g/mol. The van der Waals surface area contributed by atoms with Gasteiger partial charge in [-0.2, -0.15) is 18.3 Å². The average Bonchev–Trinajstić information content (AvgIpc) is 3.26. The molecule has 1 heterocycles. The van der Waals surface area contributed by atoms with Gasteiger partial charge in [-0.15, -0.1) is 0 Å². The maximum absolute atomic E-state index is 12.8. The lowest BCUT2D eigenvalue weighted by Gasteiger charge is -2.10. The summed E-state index contributed by atoms with van der Waals surface area (Å²) < 4.78 is 66.6. The van der Waals surface area contributed by atoms with Gasteiger partial charge < -0.3 is 0 Å². The van der Waals surface area contributed by atoms with E-state index >= 15 is 0 Å². The minimum Gasteiger partial charge on any atom is -0.267 e. The fraction of sp³-hybridized carbons (Fsp3) is 0.400. The van der Waals surface area contributed by atoms with Gasteiger partial charge >= 0.3 is 6.18 Å². The molecule has 1 aromatic heterocycles. The van der Waals surface area contributed by atoms with Crippen LogP contribution in [0.3, 0.4) is 0 Å². The minimum atomic E-state index is -4.52. The zero-order valence-corrected chi connectivity index (χ0v) is 14.5. The standard InChI is InChI=1S/C15H15ClF3N3O2S/c16-11-3-1-2-4-13(11)25(23,24)20-7-8-22-12(10-5-6-10)9-14(21-22)15(17,18)19/h1-4,9-10,20H,5-8H2. The number of halogens is 4. The highest BCUT2D eigenvalue weighted by Gasteiger charge is 2.37. The molecule has 1 aliphatic carbocycles. The summed E-state index contributed by atoms with van der Waals surface area (Å²) in [5, 5.41) is 3.66. The van der Waals surface area contributed by atoms with Crippen LogP contribution in [0.4, 0.5) is 13.2 Å². The molecular formula is C15H15ClF3N3O2S. The molecule has 2 aromatic rings. The van der Waals surface area contributed by atoms with Crippen LogP contribution in [0, 0.1) is 0 Å². The largest absolute Gasteiger partial charge is 0.435 e. The van der Waals surface area contributed by atoms with E-state index in [1.165, 1.54) is 22.9 Å². The molecule has 0 atom stereocenters. The first-order valence-electron chi connectivity index (χ1n) is 7.57. The van der Waals surface area contributed by atoms with Crippen LogP contribution in [0.25, 0.3) is 0 Å². The van der Waals surface area contributed by atoms with Crippen LogP contribution < -0.4 is 4.72 Å². The Balaban J connectivity index is 1.72. The van der Waals surface area contributed by atoms with Gasteiger partial charge in [-0.25, -0.2) is 13.1 Å². The number of rotatable bonds is 6. The van der Waals surface area contributed by atoms with Crippen molar-refractivity contribution in [2.75, 3.05) is 6.54 Å². The minimum absolute atomic E-state index is 0.00555. The van der Waals surface area contributed by atoms with E-state index in [-0.39, 0.29) is 28.9 Å². The molecule has 0 unspecified atom stereocenters. The van der Waals surface area contributed by atoms with Gasteiger partial charge in [0.1, 0.15) is 4.90 Å². The van der Waals surface area contributed by atoms with E-state index < -0.39 is 21.9 Å². The molecule has 1 aromatic carbocycles. The van der Waals surface area contributed by atoms with Crippen LogP contribution in [-0.2, 0) is 22.7 Å². The second-order valence-corrected chi connectivity index (χ2v) is 7.92. The average molecular weight is 394 g/mol. The molecule has 10 heteroatoms. The molecule has 0 spiro atoms. The first kappa shape index (κ1) is 18.2. The van der Waals surface area contributed by atoms with Crippen LogP contribution in [-0.4, -0.2) is 24.7 Å². The van der Waals surface area contributed by atoms with Crippen molar-refractivity contribution in [1.82, 2.24) is 14.5 Å². The topological polar surface area (TPSA) is 64.0 Å². The van der Waals surface area contributed by atoms with Crippen molar-refractivity contribution < 1.29 is 21.6 Å². The third-order valence-electron chi connectivity index (χ3n) is 3.84. The third kappa shape index (κ3) is 4.16. The predicted molar refractivity (Wildman–Crippen MR) is 85.8 cm³/mol. The predicted octanol–water partition coefficient (Wildman–Crippen LogP) is 3.41. The van der Waals surface area contributed by atoms with Crippen molar-refractivity contribution in [3.05, 3.63) is 46.7 Å². The number of hydrogen-bond donors (Lipinski definition) is 1. The van der Waals surface area contributed by atoms with Crippen molar-refractivity contribution in [3.63, 3.8) is 0 Å². The van der Waals surface area contributed by atoms with Gasteiger partial charge in [0.2, 0.25) is 10.0 Å². The SMILES string of the molecule is O=S(=O)(NCCn1nc(C(F)(F)F)cc1C1CC1)c1ccccc1Cl. The van der Waals surface area contributed by atoms with Gasteiger partial charge in [0.05, 0.1) is 11.6 Å². The molecule has 0 bridgehead atoms. The molecule has 0 amide bonds. The second kappa shape index (κ2) is 6.62. The summed E-state index contributed by atoms with van der Waals surface area (Å²) in [6.07, 6.45) is -2.89. The number of aromatic nitrogens is 2. The number of hydrogen-bond acceptors (Lipinski definition) is 3. The van der Waals surface area contributed by atoms with Crippen molar-refractivity contribution >= 4 is 21.6 Å². The highest BCUT2D eigenvalue weighted by Crippen LogP contribution is 2.42. The van der Waals surface area contributed by atoms with E-state index in [9.17, 15) is 21.6 Å². The summed E-state index contributed by atoms with van der Waals surface area (Å²) in [5.41, 5.74) is -0.465. The van der Waals surface area contributed by atoms with Crippen molar-refractivity contribution in [1.29, 1.82) is 0 Å². The summed E-state index contributed by atoms with van der Waals surface area (Å²) in [6.45, 7) is -0.0855. The number of alkyl halides is 3. The van der Waals surface area contributed by atoms with E-state index in [1.807, 2.05) is 0 Å². The molecule has 136 valence electrons. The summed E-state index contributed by atoms with van der Waals surface area (Å²) in [5.74, 6) is 0.0591. The van der Waals surface area contributed by atoms with Crippen molar-refractivity contribution in [2.24, 2.45) is 0 Å². The Labute approximate surface area is 147 Å². The molecule has 25 heavy (non-hydrogen) atoms. The highest BCUT2D eigenvalue weighted by atomic mass is 35.5. The maximum atomic E-state index is 12.8. The van der Waals surface area contributed by atoms with E-state index in [0.717, 1.165) is 18.9 Å². The zero-order chi connectivity index (χ0) is 18.2. The molecule has 1 fully saturated rings. The highest BCUT2D eigenvalue weighted by molar-refractivity contribution is 7.89. The van der Waals surface area contributed by atoms with Gasteiger partial charge in [-0.1, -0.05) is 23.7 Å². The molecule has 0 saturated heterocycles. The van der Waals surface area contributed by atoms with Gasteiger partial charge in [-0.05, 0) is 31.0 Å². The fourth-order valence-corrected chi connectivity index (χ4v) is 4.02. The van der Waals surface area contributed by atoms with E-state index in [4.69, 9.17) is 11.6 Å². The van der Waals surface area contributed by atoms with Crippen LogP contribution in [0.2, 0.25) is 5.02 Å². The van der Waals surface area contributed by atoms with E-state index in [1.54, 1.807) is 6.07 Å². The third-order valence-corrected chi connectivity index (χ3v) is 5.80. The molecule has 1 saturated carbocycles. The molecular weight excluding hydrogens is 379 g/mol. The molecule has 1 aliphatic rings. The second-order valence-electron chi connectivity index (χ2n) is 5.78. The Morgan fingerprint density at radius 3 is 2.56 bits per heavy atom. The Bertz CT molecular complexity index is 876. The summed E-state index contributed by atoms with van der Waals surface area (Å²) in [6, 6.07) is 6.99. The number of benzene rings is 1. The smallest absolute Gasteiger partial charge is 0.267 e. The number of nitrogens with one attached hydrogen (secondary N) is 1. The molecule has 5 nitrogen and oxygen atoms in total. The molecule has 1 N–H and O–H groups in total. The number of nitrogens with zero attached hydrogens (tertiary/aromatic N) is 2. The molecule has 0 radical (unpaired) electrons. The van der Waals surface area contributed by atoms with Gasteiger partial charge in [0, 0.05) is 18.2 Å². The Hall–Kier alpha value is -1.58. The lowest BCUT2D eigenvalue weighted by atomic mass is 10.2. The van der Waals surface area contributed by atoms with E-state index in [2.05, 4.69) is 9.82 Å². The Morgan fingerprint density at radius 2 is 1.96 bits per heavy atom. The fourth-order valence-electron chi connectivity index (χ4n) is 2.48. The zero-order valence-electron chi connectivity index (χ0n) is 12.9. The van der Waals surface area contributed by atoms with Crippen LogP contribution in [0.5, 0.6) is 0 Å². The lowest BCUT2D eigenvalue weighted by molar-refractivity contribution is -0.141. The maximum Gasteiger partial charge on any atom is 0.435 e. The Kier molecular flexibility index (Phi) is 4.82. The first-order chi connectivity index (χ1) is 11.7. The molecule has 0 aliphatic heterocycles. The van der Waals surface area contributed by atoms with E-state index in [0.29, 0.717) is 5.69 Å². The summed E-state index contributed by atoms with van der Waals surface area (Å²) in [4.78, 5) is -0.0736. The van der Waals surface area contributed by atoms with Crippen molar-refractivity contribution in [3.8, 4) is 0 Å². The van der Waals surface area contributed by atoms with Gasteiger partial charge in [0.15, 0.2) is 5.69 Å². The number of sulfonamides is 1. The first-order valence-corrected chi connectivity index (χ1v) is 9.44. The van der Waals surface area contributed by atoms with Crippen LogP contribution in [0.1, 0.15) is 30.1 Å². The Morgan fingerprint density at radius 1 is 1.28 bits per heavy atom. The summed E-state index contributed by atoms with van der Waals surface area (Å²) >= 11 is 5.87.